The van der Waals surface area contributed by atoms with E-state index < -0.39 is 17.8 Å². The maximum atomic E-state index is 13.7. The van der Waals surface area contributed by atoms with Gasteiger partial charge in [0.15, 0.2) is 6.61 Å². The minimum absolute atomic E-state index is 0.00842. The Hall–Kier alpha value is -3.42. The molecular formula is C32H30BrN3O7S2. The lowest BCUT2D eigenvalue weighted by atomic mass is 9.68. The zero-order chi connectivity index (χ0) is 31.6. The van der Waals surface area contributed by atoms with Gasteiger partial charge in [0, 0.05) is 44.7 Å². The van der Waals surface area contributed by atoms with Gasteiger partial charge >= 0.3 is 10.8 Å². The number of imide groups is 1. The molecule has 2 bridgehead atoms. The summed E-state index contributed by atoms with van der Waals surface area (Å²) in [7, 11) is 0. The van der Waals surface area contributed by atoms with E-state index in [-0.39, 0.29) is 77.5 Å². The quantitative estimate of drug-likeness (QED) is 0.267. The SMILES string of the molecule is Cc1ccccc1NC(=O)COc1ccc(Br)cc1[C@H]1c2sc(=O)[nH]c2SC2C3CC(C4C(=O)N(CCCC(=O)O)C(=O)C34)C21. The Balaban J connectivity index is 1.20. The number of thiazole rings is 1. The molecule has 3 amide bonds. The lowest BCUT2D eigenvalue weighted by Crippen LogP contribution is -2.42. The Morgan fingerprint density at radius 2 is 1.87 bits per heavy atom. The van der Waals surface area contributed by atoms with E-state index in [9.17, 15) is 24.0 Å². The Labute approximate surface area is 275 Å². The summed E-state index contributed by atoms with van der Waals surface area (Å²) < 4.78 is 6.99. The number of H-pyrrole nitrogens is 1. The van der Waals surface area contributed by atoms with E-state index in [0.29, 0.717) is 11.4 Å². The predicted molar refractivity (Wildman–Crippen MR) is 172 cm³/mol. The van der Waals surface area contributed by atoms with Crippen LogP contribution in [0.15, 0.2) is 56.8 Å². The number of anilines is 1. The summed E-state index contributed by atoms with van der Waals surface area (Å²) in [6, 6.07) is 13.1. The molecule has 1 aromatic heterocycles. The zero-order valence-corrected chi connectivity index (χ0v) is 27.4. The van der Waals surface area contributed by atoms with E-state index in [2.05, 4.69) is 26.2 Å². The molecular weight excluding hydrogens is 682 g/mol. The molecule has 3 fully saturated rings. The first-order valence-corrected chi connectivity index (χ1v) is 17.4. The van der Waals surface area contributed by atoms with Crippen LogP contribution in [0.2, 0.25) is 0 Å². The lowest BCUT2D eigenvalue weighted by Gasteiger charge is -2.43. The number of nitrogens with zero attached hydrogens (tertiary/aromatic N) is 1. The van der Waals surface area contributed by atoms with Crippen molar-refractivity contribution in [3.63, 3.8) is 0 Å². The topological polar surface area (TPSA) is 146 Å². The van der Waals surface area contributed by atoms with Crippen LogP contribution in [0.25, 0.3) is 0 Å². The average Bonchev–Trinajstić information content (AvgIpc) is 3.73. The molecule has 2 saturated carbocycles. The van der Waals surface area contributed by atoms with E-state index in [4.69, 9.17) is 9.84 Å². The molecule has 0 spiro atoms. The number of aliphatic carboxylic acids is 1. The molecule has 10 nitrogen and oxygen atoms in total. The number of benzene rings is 2. The number of carboxylic acid groups (broad SMARTS) is 1. The summed E-state index contributed by atoms with van der Waals surface area (Å²) in [5, 5.41) is 12.7. The molecule has 13 heteroatoms. The third-order valence-electron chi connectivity index (χ3n) is 9.67. The van der Waals surface area contributed by atoms with Crippen molar-refractivity contribution in [1.29, 1.82) is 0 Å². The number of hydrogen-bond donors (Lipinski definition) is 3. The second-order valence-electron chi connectivity index (χ2n) is 12.1. The molecule has 0 radical (unpaired) electrons. The first-order chi connectivity index (χ1) is 21.6. The van der Waals surface area contributed by atoms with Crippen LogP contribution in [0.5, 0.6) is 5.75 Å². The van der Waals surface area contributed by atoms with Gasteiger partial charge in [-0.05, 0) is 67.3 Å². The summed E-state index contributed by atoms with van der Waals surface area (Å²) in [6.07, 6.45) is 0.849. The van der Waals surface area contributed by atoms with E-state index in [1.165, 1.54) is 4.90 Å². The Bertz CT molecular complexity index is 1790. The molecule has 3 aromatic rings. The van der Waals surface area contributed by atoms with Gasteiger partial charge in [-0.25, -0.2) is 0 Å². The number of carboxylic acids is 1. The van der Waals surface area contributed by atoms with Gasteiger partial charge in [-0.2, -0.15) is 0 Å². The number of ether oxygens (including phenoxy) is 1. The van der Waals surface area contributed by atoms with Crippen LogP contribution in [0.3, 0.4) is 0 Å². The van der Waals surface area contributed by atoms with Crippen molar-refractivity contribution in [3.05, 3.63) is 72.6 Å². The largest absolute Gasteiger partial charge is 0.483 e. The Kier molecular flexibility index (Phi) is 7.89. The smallest absolute Gasteiger partial charge is 0.305 e. The highest BCUT2D eigenvalue weighted by atomic mass is 79.9. The van der Waals surface area contributed by atoms with Crippen molar-refractivity contribution >= 4 is 68.4 Å². The predicted octanol–water partition coefficient (Wildman–Crippen LogP) is 4.86. The lowest BCUT2D eigenvalue weighted by molar-refractivity contribution is -0.142. The van der Waals surface area contributed by atoms with Crippen LogP contribution in [0.1, 0.15) is 41.2 Å². The van der Waals surface area contributed by atoms with Gasteiger partial charge in [0.25, 0.3) is 5.91 Å². The normalized spacial score (nSPS) is 27.7. The summed E-state index contributed by atoms with van der Waals surface area (Å²) >= 11 is 6.35. The number of hydrogen-bond acceptors (Lipinski definition) is 8. The maximum Gasteiger partial charge on any atom is 0.305 e. The number of fused-ring (bicyclic) bond motifs is 9. The standard InChI is InChI=1S/C32H30BrN3O7S2/c1-14-5-2-3-6-19(14)34-21(37)13-43-20-9-8-15(33)11-16(20)23-24-17-12-18(27(24)44-29-28(23)45-32(42)35-29)26-25(17)30(40)36(31(26)41)10-4-7-22(38)39/h2-3,5-6,8-9,11,17-18,23-27H,4,7,10,12-13H2,1H3,(H,34,37)(H,35,42)(H,38,39)/t17?,18?,23-,24?,25?,26?,27?/m1/s1. The molecule has 2 aromatic carbocycles. The number of aromatic nitrogens is 1. The van der Waals surface area contributed by atoms with E-state index in [0.717, 1.165) is 43.3 Å². The third-order valence-corrected chi connectivity index (χ3v) is 12.8. The molecule has 3 N–H and O–H groups in total. The van der Waals surface area contributed by atoms with Crippen LogP contribution in [-0.4, -0.2) is 57.1 Å². The van der Waals surface area contributed by atoms with Gasteiger partial charge in [0.05, 0.1) is 16.9 Å². The highest BCUT2D eigenvalue weighted by Crippen LogP contribution is 2.69. The number of halogens is 1. The molecule has 4 aliphatic rings. The minimum Gasteiger partial charge on any atom is -0.483 e. The van der Waals surface area contributed by atoms with Gasteiger partial charge in [0.2, 0.25) is 11.8 Å². The molecule has 2 aliphatic carbocycles. The Morgan fingerprint density at radius 3 is 2.62 bits per heavy atom. The van der Waals surface area contributed by atoms with Crippen molar-refractivity contribution in [2.45, 2.75) is 42.4 Å². The minimum atomic E-state index is -0.959. The first kappa shape index (κ1) is 30.2. The second-order valence-corrected chi connectivity index (χ2v) is 15.2. The van der Waals surface area contributed by atoms with E-state index in [1.807, 2.05) is 49.4 Å². The molecule has 234 valence electrons. The van der Waals surface area contributed by atoms with Gasteiger partial charge < -0.3 is 20.1 Å². The van der Waals surface area contributed by atoms with Crippen LogP contribution in [0.4, 0.5) is 5.69 Å². The fraction of sp³-hybridized carbons (Fsp3) is 0.406. The van der Waals surface area contributed by atoms with Crippen molar-refractivity contribution < 1.29 is 29.0 Å². The zero-order valence-electron chi connectivity index (χ0n) is 24.2. The molecule has 7 atom stereocenters. The van der Waals surface area contributed by atoms with Crippen LogP contribution in [0, 0.1) is 36.5 Å². The van der Waals surface area contributed by atoms with Crippen LogP contribution in [-0.2, 0) is 19.2 Å². The molecule has 1 saturated heterocycles. The van der Waals surface area contributed by atoms with Crippen LogP contribution < -0.4 is 14.9 Å². The van der Waals surface area contributed by atoms with E-state index in [1.54, 1.807) is 11.8 Å². The number of carbonyl (C=O) groups excluding carboxylic acids is 3. The Morgan fingerprint density at radius 1 is 1.11 bits per heavy atom. The van der Waals surface area contributed by atoms with Gasteiger partial charge in [-0.3, -0.25) is 28.9 Å². The number of para-hydroxylation sites is 1. The van der Waals surface area contributed by atoms with Gasteiger partial charge in [-0.1, -0.05) is 45.5 Å². The highest BCUT2D eigenvalue weighted by Gasteiger charge is 2.69. The summed E-state index contributed by atoms with van der Waals surface area (Å²) in [6.45, 7) is 1.81. The average molecular weight is 713 g/mol. The number of amides is 3. The van der Waals surface area contributed by atoms with Crippen molar-refractivity contribution in [3.8, 4) is 5.75 Å². The van der Waals surface area contributed by atoms with Crippen molar-refractivity contribution in [2.24, 2.45) is 29.6 Å². The molecule has 7 rings (SSSR count). The summed E-state index contributed by atoms with van der Waals surface area (Å²) in [5.74, 6) is -2.54. The number of thioether (sulfide) groups is 1. The summed E-state index contributed by atoms with van der Waals surface area (Å²) in [5.41, 5.74) is 2.46. The highest BCUT2D eigenvalue weighted by molar-refractivity contribution is 9.10. The fourth-order valence-electron chi connectivity index (χ4n) is 7.97. The maximum absolute atomic E-state index is 13.7. The number of aryl methyl sites for hydroxylation is 1. The number of nitrogens with one attached hydrogen (secondary N) is 2. The first-order valence-electron chi connectivity index (χ1n) is 14.9. The third kappa shape index (κ3) is 5.22. The van der Waals surface area contributed by atoms with Crippen molar-refractivity contribution in [1.82, 2.24) is 9.88 Å². The summed E-state index contributed by atoms with van der Waals surface area (Å²) in [4.78, 5) is 69.0. The molecule has 3 heterocycles. The van der Waals surface area contributed by atoms with Crippen molar-refractivity contribution in [2.75, 3.05) is 18.5 Å². The number of carbonyl (C=O) groups is 4. The van der Waals surface area contributed by atoms with E-state index >= 15 is 0 Å². The molecule has 2 aliphatic heterocycles. The number of likely N-dealkylation sites (tertiary alicyclic amines) is 1. The van der Waals surface area contributed by atoms with Gasteiger partial charge in [0.1, 0.15) is 5.75 Å². The van der Waals surface area contributed by atoms with Gasteiger partial charge in [-0.15, -0.1) is 11.8 Å². The fourth-order valence-corrected chi connectivity index (χ4v) is 11.2. The number of aromatic amines is 1. The second kappa shape index (κ2) is 11.7. The number of rotatable bonds is 9. The molecule has 6 unspecified atom stereocenters. The monoisotopic (exact) mass is 711 g/mol. The molecule has 45 heavy (non-hydrogen) atoms. The van der Waals surface area contributed by atoms with Crippen LogP contribution >= 0.6 is 39.0 Å².